The summed E-state index contributed by atoms with van der Waals surface area (Å²) in [5.74, 6) is 0. The van der Waals surface area contributed by atoms with E-state index in [0.29, 0.717) is 18.3 Å². The van der Waals surface area contributed by atoms with Gasteiger partial charge in [0.25, 0.3) is 0 Å². The maximum Gasteiger partial charge on any atom is 0.417 e. The Kier molecular flexibility index (Phi) is 3.13. The minimum Gasteiger partial charge on any atom is -0.315 e. The number of pyridine rings is 1. The number of hydrogen-bond donors (Lipinski definition) is 1. The molecule has 0 amide bonds. The van der Waals surface area contributed by atoms with Gasteiger partial charge in [0.15, 0.2) is 0 Å². The van der Waals surface area contributed by atoms with Gasteiger partial charge in [-0.3, -0.25) is 4.98 Å². The van der Waals surface area contributed by atoms with Crippen molar-refractivity contribution in [2.24, 2.45) is 5.73 Å². The van der Waals surface area contributed by atoms with E-state index in [-0.39, 0.29) is 0 Å². The third kappa shape index (κ3) is 2.84. The number of hydrogen-bond acceptors (Lipinski definition) is 2. The van der Waals surface area contributed by atoms with Crippen LogP contribution < -0.4 is 5.73 Å². The fourth-order valence-corrected chi connectivity index (χ4v) is 0.925. The van der Waals surface area contributed by atoms with Gasteiger partial charge in [-0.2, -0.15) is 26.3 Å². The summed E-state index contributed by atoms with van der Waals surface area (Å²) in [4.78, 5) is 3.05. The molecule has 2 N–H and O–H groups in total. The van der Waals surface area contributed by atoms with Crippen LogP contribution in [0.15, 0.2) is 18.3 Å². The molecule has 1 unspecified atom stereocenters. The summed E-state index contributed by atoms with van der Waals surface area (Å²) in [5.41, 5.74) is 2.99. The summed E-state index contributed by atoms with van der Waals surface area (Å²) >= 11 is 0. The minimum atomic E-state index is -4.73. The van der Waals surface area contributed by atoms with Crippen LogP contribution in [0.5, 0.6) is 0 Å². The Morgan fingerprint density at radius 3 is 1.94 bits per heavy atom. The molecule has 16 heavy (non-hydrogen) atoms. The van der Waals surface area contributed by atoms with Crippen molar-refractivity contribution in [3.05, 3.63) is 29.6 Å². The van der Waals surface area contributed by atoms with E-state index in [1.165, 1.54) is 0 Å². The summed E-state index contributed by atoms with van der Waals surface area (Å²) in [7, 11) is 0. The van der Waals surface area contributed by atoms with E-state index < -0.39 is 29.7 Å². The SMILES string of the molecule is NC(c1ccc(C(F)(F)F)cn1)C(F)(F)F. The van der Waals surface area contributed by atoms with Crippen LogP contribution in [0.25, 0.3) is 0 Å². The molecular formula is C8H6F6N2. The molecular weight excluding hydrogens is 238 g/mol. The molecule has 1 atom stereocenters. The Bertz CT molecular complexity index is 352. The maximum atomic E-state index is 12.1. The van der Waals surface area contributed by atoms with Crippen LogP contribution in [-0.2, 0) is 6.18 Å². The normalized spacial score (nSPS) is 14.9. The van der Waals surface area contributed by atoms with E-state index in [2.05, 4.69) is 4.98 Å². The van der Waals surface area contributed by atoms with Crippen molar-refractivity contribution >= 4 is 0 Å². The molecule has 8 heteroatoms. The molecule has 0 aliphatic heterocycles. The van der Waals surface area contributed by atoms with E-state index in [9.17, 15) is 26.3 Å². The van der Waals surface area contributed by atoms with Crippen LogP contribution in [0.4, 0.5) is 26.3 Å². The summed E-state index contributed by atoms with van der Waals surface area (Å²) in [6, 6.07) is -1.26. The molecule has 0 aliphatic rings. The fraction of sp³-hybridized carbons (Fsp3) is 0.375. The monoisotopic (exact) mass is 244 g/mol. The Hall–Kier alpha value is -1.31. The van der Waals surface area contributed by atoms with Gasteiger partial charge in [-0.1, -0.05) is 0 Å². The quantitative estimate of drug-likeness (QED) is 0.771. The van der Waals surface area contributed by atoms with E-state index in [0.717, 1.165) is 0 Å². The van der Waals surface area contributed by atoms with E-state index in [1.807, 2.05) is 0 Å². The predicted molar refractivity (Wildman–Crippen MR) is 42.2 cm³/mol. The first kappa shape index (κ1) is 12.8. The van der Waals surface area contributed by atoms with Crippen molar-refractivity contribution in [2.75, 3.05) is 0 Å². The standard InChI is InChI=1S/C8H6F6N2/c9-7(10,11)4-1-2-5(16-3-4)6(15)8(12,13)14/h1-3,6H,15H2. The highest BCUT2D eigenvalue weighted by molar-refractivity contribution is 5.19. The third-order valence-electron chi connectivity index (χ3n) is 1.78. The largest absolute Gasteiger partial charge is 0.417 e. The van der Waals surface area contributed by atoms with Crippen LogP contribution in [0.2, 0.25) is 0 Å². The lowest BCUT2D eigenvalue weighted by Crippen LogP contribution is -2.29. The highest BCUT2D eigenvalue weighted by Gasteiger charge is 2.39. The van der Waals surface area contributed by atoms with Gasteiger partial charge in [-0.05, 0) is 12.1 Å². The summed E-state index contributed by atoms with van der Waals surface area (Å²) in [6.45, 7) is 0. The van der Waals surface area contributed by atoms with Gasteiger partial charge in [-0.25, -0.2) is 0 Å². The molecule has 2 nitrogen and oxygen atoms in total. The zero-order chi connectivity index (χ0) is 12.6. The highest BCUT2D eigenvalue weighted by Crippen LogP contribution is 2.32. The summed E-state index contributed by atoms with van der Waals surface area (Å²) in [5, 5.41) is 0. The van der Waals surface area contributed by atoms with E-state index in [1.54, 1.807) is 0 Å². The van der Waals surface area contributed by atoms with Gasteiger partial charge in [0.1, 0.15) is 6.04 Å². The topological polar surface area (TPSA) is 38.9 Å². The maximum absolute atomic E-state index is 12.1. The molecule has 90 valence electrons. The van der Waals surface area contributed by atoms with Gasteiger partial charge in [-0.15, -0.1) is 0 Å². The van der Waals surface area contributed by atoms with Crippen LogP contribution in [0.3, 0.4) is 0 Å². The molecule has 0 aromatic carbocycles. The Labute approximate surface area is 86.1 Å². The average molecular weight is 244 g/mol. The zero-order valence-corrected chi connectivity index (χ0v) is 7.60. The second kappa shape index (κ2) is 3.93. The first-order chi connectivity index (χ1) is 7.12. The van der Waals surface area contributed by atoms with Crippen molar-refractivity contribution in [3.63, 3.8) is 0 Å². The van der Waals surface area contributed by atoms with Crippen molar-refractivity contribution < 1.29 is 26.3 Å². The number of alkyl halides is 6. The predicted octanol–water partition coefficient (Wildman–Crippen LogP) is 2.66. The minimum absolute atomic E-state index is 0.320. The molecule has 0 radical (unpaired) electrons. The number of nitrogens with zero attached hydrogens (tertiary/aromatic N) is 1. The van der Waals surface area contributed by atoms with Gasteiger partial charge in [0.2, 0.25) is 0 Å². The molecule has 1 aromatic rings. The van der Waals surface area contributed by atoms with E-state index in [4.69, 9.17) is 5.73 Å². The average Bonchev–Trinajstić information content (AvgIpc) is 2.14. The molecule has 0 saturated carbocycles. The van der Waals surface area contributed by atoms with Gasteiger partial charge < -0.3 is 5.73 Å². The van der Waals surface area contributed by atoms with Crippen molar-refractivity contribution in [1.82, 2.24) is 4.98 Å². The molecule has 0 aliphatic carbocycles. The second-order valence-electron chi connectivity index (χ2n) is 2.99. The Balaban J connectivity index is 2.96. The molecule has 0 saturated heterocycles. The van der Waals surface area contributed by atoms with Crippen molar-refractivity contribution in [3.8, 4) is 0 Å². The number of aromatic nitrogens is 1. The lowest BCUT2D eigenvalue weighted by atomic mass is 10.1. The van der Waals surface area contributed by atoms with Crippen LogP contribution in [-0.4, -0.2) is 11.2 Å². The lowest BCUT2D eigenvalue weighted by molar-refractivity contribution is -0.150. The summed E-state index contributed by atoms with van der Waals surface area (Å²) in [6.07, 6.45) is -9.04. The highest BCUT2D eigenvalue weighted by atomic mass is 19.4. The van der Waals surface area contributed by atoms with Crippen molar-refractivity contribution in [2.45, 2.75) is 18.4 Å². The van der Waals surface area contributed by atoms with Crippen LogP contribution >= 0.6 is 0 Å². The van der Waals surface area contributed by atoms with Crippen LogP contribution in [0, 0.1) is 0 Å². The fourth-order valence-electron chi connectivity index (χ4n) is 0.925. The zero-order valence-electron chi connectivity index (χ0n) is 7.60. The smallest absolute Gasteiger partial charge is 0.315 e. The molecule has 0 fully saturated rings. The molecule has 1 rings (SSSR count). The Morgan fingerprint density at radius 1 is 1.06 bits per heavy atom. The van der Waals surface area contributed by atoms with E-state index >= 15 is 0 Å². The molecule has 0 bridgehead atoms. The van der Waals surface area contributed by atoms with Crippen LogP contribution in [0.1, 0.15) is 17.3 Å². The van der Waals surface area contributed by atoms with Gasteiger partial charge in [0, 0.05) is 6.20 Å². The molecule has 0 spiro atoms. The number of nitrogens with two attached hydrogens (primary N) is 1. The number of rotatable bonds is 1. The van der Waals surface area contributed by atoms with Gasteiger partial charge >= 0.3 is 12.4 Å². The Morgan fingerprint density at radius 2 is 1.62 bits per heavy atom. The summed E-state index contributed by atoms with van der Waals surface area (Å²) < 4.78 is 72.4. The first-order valence-corrected chi connectivity index (χ1v) is 3.98. The molecule has 1 aromatic heterocycles. The lowest BCUT2D eigenvalue weighted by Gasteiger charge is -2.15. The van der Waals surface area contributed by atoms with Crippen molar-refractivity contribution in [1.29, 1.82) is 0 Å². The first-order valence-electron chi connectivity index (χ1n) is 3.98. The second-order valence-corrected chi connectivity index (χ2v) is 2.99. The van der Waals surface area contributed by atoms with Gasteiger partial charge in [0.05, 0.1) is 11.3 Å². The number of halogens is 6. The third-order valence-corrected chi connectivity index (χ3v) is 1.78. The molecule has 1 heterocycles.